The largest absolute Gasteiger partial charge is 0.463 e. The number of benzene rings is 3. The van der Waals surface area contributed by atoms with Crippen LogP contribution in [0.15, 0.2) is 82.2 Å². The fourth-order valence-electron chi connectivity index (χ4n) is 3.65. The smallest absolute Gasteiger partial charge is 0.263 e. The van der Waals surface area contributed by atoms with Crippen molar-refractivity contribution in [3.8, 4) is 0 Å². The molecule has 146 valence electrons. The number of fused-ring (bicyclic) bond motifs is 2. The Morgan fingerprint density at radius 3 is 2.33 bits per heavy atom. The first kappa shape index (κ1) is 18.7. The molecule has 0 saturated carbocycles. The monoisotopic (exact) mass is 433 g/mol. The summed E-state index contributed by atoms with van der Waals surface area (Å²) in [6.07, 6.45) is 2.93. The van der Waals surface area contributed by atoms with Crippen molar-refractivity contribution in [3.63, 3.8) is 0 Å². The zero-order valence-electron chi connectivity index (χ0n) is 15.4. The summed E-state index contributed by atoms with van der Waals surface area (Å²) >= 11 is 12.8. The number of amides is 1. The molecule has 4 nitrogen and oxygen atoms in total. The molecule has 0 unspecified atom stereocenters. The van der Waals surface area contributed by atoms with E-state index < -0.39 is 0 Å². The molecule has 0 N–H and O–H groups in total. The van der Waals surface area contributed by atoms with Gasteiger partial charge in [0.2, 0.25) is 0 Å². The van der Waals surface area contributed by atoms with Crippen LogP contribution in [-0.2, 0) is 4.79 Å². The number of anilines is 2. The standard InChI is InChI=1S/C24H13Cl2NO3/c25-18-8-5-9-19(26)22(18)27-20-10-3-1-6-15(20)17(24(27)29)12-14-13-30-21-11-4-2-7-16(21)23(14)28/h1-13H/b17-12-. The number of hydrogen-bond acceptors (Lipinski definition) is 3. The SMILES string of the molecule is O=C1/C(=C\c2coc3ccccc3c2=O)c2ccccc2N1c1c(Cl)cccc1Cl. The Morgan fingerprint density at radius 2 is 1.53 bits per heavy atom. The third-order valence-electron chi connectivity index (χ3n) is 5.04. The van der Waals surface area contributed by atoms with E-state index in [-0.39, 0.29) is 11.3 Å². The van der Waals surface area contributed by atoms with Gasteiger partial charge in [-0.05, 0) is 36.4 Å². The van der Waals surface area contributed by atoms with Crippen LogP contribution in [0, 0.1) is 0 Å². The van der Waals surface area contributed by atoms with E-state index in [9.17, 15) is 9.59 Å². The highest BCUT2D eigenvalue weighted by Crippen LogP contribution is 2.46. The summed E-state index contributed by atoms with van der Waals surface area (Å²) in [7, 11) is 0. The zero-order valence-corrected chi connectivity index (χ0v) is 16.9. The quantitative estimate of drug-likeness (QED) is 0.347. The summed E-state index contributed by atoms with van der Waals surface area (Å²) in [6, 6.07) is 19.4. The van der Waals surface area contributed by atoms with Gasteiger partial charge in [0.25, 0.3) is 5.91 Å². The van der Waals surface area contributed by atoms with Gasteiger partial charge >= 0.3 is 0 Å². The van der Waals surface area contributed by atoms with Gasteiger partial charge in [-0.2, -0.15) is 0 Å². The maximum absolute atomic E-state index is 13.5. The van der Waals surface area contributed by atoms with Gasteiger partial charge in [-0.3, -0.25) is 14.5 Å². The Balaban J connectivity index is 1.72. The molecule has 0 saturated heterocycles. The Hall–Kier alpha value is -3.34. The van der Waals surface area contributed by atoms with E-state index in [0.29, 0.717) is 49.1 Å². The van der Waals surface area contributed by atoms with Crippen LogP contribution in [0.25, 0.3) is 22.6 Å². The van der Waals surface area contributed by atoms with Crippen molar-refractivity contribution in [1.82, 2.24) is 0 Å². The first-order chi connectivity index (χ1) is 14.6. The highest BCUT2D eigenvalue weighted by Gasteiger charge is 2.35. The molecule has 1 aromatic heterocycles. The topological polar surface area (TPSA) is 50.5 Å². The molecule has 4 aromatic rings. The van der Waals surface area contributed by atoms with Crippen LogP contribution in [0.3, 0.4) is 0 Å². The van der Waals surface area contributed by atoms with E-state index in [1.54, 1.807) is 48.5 Å². The van der Waals surface area contributed by atoms with Crippen molar-refractivity contribution in [2.45, 2.75) is 0 Å². The number of para-hydroxylation sites is 3. The minimum Gasteiger partial charge on any atom is -0.463 e. The Morgan fingerprint density at radius 1 is 0.833 bits per heavy atom. The van der Waals surface area contributed by atoms with Gasteiger partial charge in [-0.1, -0.05) is 59.6 Å². The number of halogens is 2. The summed E-state index contributed by atoms with van der Waals surface area (Å²) in [6.45, 7) is 0. The van der Waals surface area contributed by atoms with Crippen LogP contribution in [0.1, 0.15) is 11.1 Å². The molecule has 1 aliphatic heterocycles. The molecule has 0 spiro atoms. The number of rotatable bonds is 2. The number of carbonyl (C=O) groups is 1. The molecule has 30 heavy (non-hydrogen) atoms. The second-order valence-corrected chi connectivity index (χ2v) is 7.62. The Kier molecular flexibility index (Phi) is 4.46. The lowest BCUT2D eigenvalue weighted by Gasteiger charge is -2.20. The van der Waals surface area contributed by atoms with Crippen molar-refractivity contribution in [1.29, 1.82) is 0 Å². The number of nitrogens with zero attached hydrogens (tertiary/aromatic N) is 1. The molecular formula is C24H13Cl2NO3. The molecule has 2 heterocycles. The molecule has 0 atom stereocenters. The molecule has 0 aliphatic carbocycles. The lowest BCUT2D eigenvalue weighted by molar-refractivity contribution is -0.112. The van der Waals surface area contributed by atoms with Crippen LogP contribution >= 0.6 is 23.2 Å². The molecule has 3 aromatic carbocycles. The maximum atomic E-state index is 13.5. The van der Waals surface area contributed by atoms with Crippen LogP contribution in [-0.4, -0.2) is 5.91 Å². The molecule has 5 rings (SSSR count). The van der Waals surface area contributed by atoms with Gasteiger partial charge in [-0.15, -0.1) is 0 Å². The van der Waals surface area contributed by atoms with Gasteiger partial charge in [-0.25, -0.2) is 0 Å². The summed E-state index contributed by atoms with van der Waals surface area (Å²) < 4.78 is 5.60. The van der Waals surface area contributed by atoms with Crippen LogP contribution < -0.4 is 10.3 Å². The number of carbonyl (C=O) groups excluding carboxylic acids is 1. The molecule has 1 amide bonds. The van der Waals surface area contributed by atoms with Crippen molar-refractivity contribution in [2.75, 3.05) is 4.90 Å². The third kappa shape index (κ3) is 2.84. The van der Waals surface area contributed by atoms with E-state index in [2.05, 4.69) is 0 Å². The van der Waals surface area contributed by atoms with Crippen molar-refractivity contribution in [3.05, 3.63) is 104 Å². The van der Waals surface area contributed by atoms with Gasteiger partial charge in [0.15, 0.2) is 5.43 Å². The summed E-state index contributed by atoms with van der Waals surface area (Å²) in [4.78, 5) is 27.9. The van der Waals surface area contributed by atoms with Gasteiger partial charge in [0.1, 0.15) is 11.8 Å². The Labute approximate surface area is 181 Å². The van der Waals surface area contributed by atoms with Crippen molar-refractivity contribution >= 4 is 63.1 Å². The van der Waals surface area contributed by atoms with Gasteiger partial charge in [0, 0.05) is 5.56 Å². The normalized spacial score (nSPS) is 14.5. The van der Waals surface area contributed by atoms with Crippen LogP contribution in [0.2, 0.25) is 10.0 Å². The summed E-state index contributed by atoms with van der Waals surface area (Å²) in [5.74, 6) is -0.321. The lowest BCUT2D eigenvalue weighted by atomic mass is 10.0. The first-order valence-electron chi connectivity index (χ1n) is 9.16. The fraction of sp³-hybridized carbons (Fsp3) is 0. The summed E-state index contributed by atoms with van der Waals surface area (Å²) in [5.41, 5.74) is 2.69. The lowest BCUT2D eigenvalue weighted by Crippen LogP contribution is -2.21. The van der Waals surface area contributed by atoms with Gasteiger partial charge < -0.3 is 4.42 Å². The fourth-order valence-corrected chi connectivity index (χ4v) is 4.22. The predicted octanol–water partition coefficient (Wildman–Crippen LogP) is 6.32. The van der Waals surface area contributed by atoms with E-state index in [1.165, 1.54) is 11.2 Å². The van der Waals surface area contributed by atoms with Gasteiger partial charge in [0.05, 0.1) is 37.9 Å². The highest BCUT2D eigenvalue weighted by molar-refractivity contribution is 6.44. The minimum absolute atomic E-state index is 0.205. The molecule has 0 bridgehead atoms. The first-order valence-corrected chi connectivity index (χ1v) is 9.92. The average Bonchev–Trinajstić information content (AvgIpc) is 3.02. The van der Waals surface area contributed by atoms with E-state index in [0.717, 1.165) is 0 Å². The maximum Gasteiger partial charge on any atom is 0.263 e. The second kappa shape index (κ2) is 7.17. The minimum atomic E-state index is -0.321. The van der Waals surface area contributed by atoms with Crippen LogP contribution in [0.4, 0.5) is 11.4 Å². The second-order valence-electron chi connectivity index (χ2n) is 6.80. The van der Waals surface area contributed by atoms with E-state index in [4.69, 9.17) is 27.6 Å². The predicted molar refractivity (Wildman–Crippen MR) is 120 cm³/mol. The van der Waals surface area contributed by atoms with E-state index >= 15 is 0 Å². The molecule has 0 radical (unpaired) electrons. The molecule has 6 heteroatoms. The third-order valence-corrected chi connectivity index (χ3v) is 5.65. The van der Waals surface area contributed by atoms with Crippen molar-refractivity contribution in [2.24, 2.45) is 0 Å². The average molecular weight is 434 g/mol. The van der Waals surface area contributed by atoms with E-state index in [1.807, 2.05) is 24.3 Å². The molecule has 0 fully saturated rings. The highest BCUT2D eigenvalue weighted by atomic mass is 35.5. The Bertz CT molecular complexity index is 1400. The zero-order chi connectivity index (χ0) is 20.8. The van der Waals surface area contributed by atoms with Crippen LogP contribution in [0.5, 0.6) is 0 Å². The number of hydrogen-bond donors (Lipinski definition) is 0. The molecular weight excluding hydrogens is 421 g/mol. The molecule has 1 aliphatic rings. The van der Waals surface area contributed by atoms with Crippen molar-refractivity contribution < 1.29 is 9.21 Å². The summed E-state index contributed by atoms with van der Waals surface area (Å²) in [5, 5.41) is 1.17.